The predicted molar refractivity (Wildman–Crippen MR) is 130 cm³/mol. The molecule has 0 fully saturated rings. The lowest BCUT2D eigenvalue weighted by molar-refractivity contribution is -0.144. The number of unbranched alkanes of at least 4 members (excludes halogenated alkanes) is 15. The summed E-state index contributed by atoms with van der Waals surface area (Å²) in [4.78, 5) is 23.2. The van der Waals surface area contributed by atoms with E-state index in [2.05, 4.69) is 6.92 Å². The number of carbonyl (C=O) groups excluding carboxylic acids is 2. The second kappa shape index (κ2) is 23.6. The minimum absolute atomic E-state index is 0.0999. The van der Waals surface area contributed by atoms with Crippen LogP contribution in [0.5, 0.6) is 0 Å². The second-order valence-electron chi connectivity index (χ2n) is 9.45. The third-order valence-corrected chi connectivity index (χ3v) is 5.60. The fraction of sp³-hybridized carbons (Fsp3) is 0.926. The van der Waals surface area contributed by atoms with Crippen LogP contribution in [0.2, 0.25) is 0 Å². The highest BCUT2D eigenvalue weighted by atomic mass is 16.5. The van der Waals surface area contributed by atoms with Gasteiger partial charge in [0.1, 0.15) is 0 Å². The number of ether oxygens (including phenoxy) is 2. The molecule has 0 saturated carbocycles. The molecule has 0 spiro atoms. The summed E-state index contributed by atoms with van der Waals surface area (Å²) in [7, 11) is 0. The molecule has 0 rings (SSSR count). The monoisotopic (exact) mass is 440 g/mol. The topological polar surface area (TPSA) is 52.6 Å². The smallest absolute Gasteiger partial charge is 0.305 e. The molecule has 0 aromatic heterocycles. The summed E-state index contributed by atoms with van der Waals surface area (Å²) < 4.78 is 10.4. The van der Waals surface area contributed by atoms with Gasteiger partial charge >= 0.3 is 11.9 Å². The Labute approximate surface area is 193 Å². The predicted octanol–water partition coefficient (Wildman–Crippen LogP) is 8.16. The molecule has 0 N–H and O–H groups in total. The molecular weight excluding hydrogens is 388 g/mol. The number of carbonyl (C=O) groups is 2. The first-order chi connectivity index (χ1) is 15.1. The number of hydrogen-bond donors (Lipinski definition) is 0. The molecule has 4 heteroatoms. The van der Waals surface area contributed by atoms with Crippen LogP contribution in [0.25, 0.3) is 0 Å². The van der Waals surface area contributed by atoms with Gasteiger partial charge in [-0.05, 0) is 25.2 Å². The Kier molecular flexibility index (Phi) is 22.8. The van der Waals surface area contributed by atoms with Crippen LogP contribution in [0.15, 0.2) is 0 Å². The average Bonchev–Trinajstić information content (AvgIpc) is 2.74. The highest BCUT2D eigenvalue weighted by molar-refractivity contribution is 5.69. The lowest BCUT2D eigenvalue weighted by atomic mass is 10.0. The van der Waals surface area contributed by atoms with Crippen LogP contribution < -0.4 is 0 Å². The van der Waals surface area contributed by atoms with Crippen molar-refractivity contribution in [3.05, 3.63) is 0 Å². The summed E-state index contributed by atoms with van der Waals surface area (Å²) in [5, 5.41) is 0. The molecule has 0 saturated heterocycles. The Morgan fingerprint density at radius 3 is 1.39 bits per heavy atom. The van der Waals surface area contributed by atoms with Crippen molar-refractivity contribution < 1.29 is 19.1 Å². The van der Waals surface area contributed by atoms with Crippen LogP contribution in [-0.4, -0.2) is 25.2 Å². The Hall–Kier alpha value is -1.06. The highest BCUT2D eigenvalue weighted by Crippen LogP contribution is 2.13. The molecule has 4 nitrogen and oxygen atoms in total. The van der Waals surface area contributed by atoms with Gasteiger partial charge in [0.05, 0.1) is 13.2 Å². The Morgan fingerprint density at radius 1 is 0.548 bits per heavy atom. The maximum Gasteiger partial charge on any atom is 0.305 e. The minimum Gasteiger partial charge on any atom is -0.466 e. The molecule has 0 aliphatic carbocycles. The SMILES string of the molecule is CCCCCCCCCCCCCCCCOC(=O)CCCCCC(=O)OCC(C)C. The molecule has 0 unspecified atom stereocenters. The summed E-state index contributed by atoms with van der Waals surface area (Å²) in [6.45, 7) is 7.37. The zero-order valence-corrected chi connectivity index (χ0v) is 21.1. The van der Waals surface area contributed by atoms with Crippen LogP contribution in [0, 0.1) is 5.92 Å². The van der Waals surface area contributed by atoms with E-state index in [0.29, 0.717) is 32.0 Å². The van der Waals surface area contributed by atoms with E-state index in [1.54, 1.807) is 0 Å². The number of esters is 2. The van der Waals surface area contributed by atoms with Crippen molar-refractivity contribution in [3.8, 4) is 0 Å². The molecule has 0 radical (unpaired) electrons. The van der Waals surface area contributed by atoms with Crippen LogP contribution in [0.3, 0.4) is 0 Å². The summed E-state index contributed by atoms with van der Waals surface area (Å²) in [6.07, 6.45) is 22.0. The lowest BCUT2D eigenvalue weighted by Crippen LogP contribution is -2.09. The van der Waals surface area contributed by atoms with Crippen LogP contribution in [-0.2, 0) is 19.1 Å². The first kappa shape index (κ1) is 29.9. The molecule has 0 aliphatic heterocycles. The van der Waals surface area contributed by atoms with Crippen molar-refractivity contribution in [1.82, 2.24) is 0 Å². The van der Waals surface area contributed by atoms with Crippen molar-refractivity contribution in [1.29, 1.82) is 0 Å². The van der Waals surface area contributed by atoms with Gasteiger partial charge in [-0.3, -0.25) is 9.59 Å². The van der Waals surface area contributed by atoms with Gasteiger partial charge in [-0.15, -0.1) is 0 Å². The van der Waals surface area contributed by atoms with E-state index in [1.165, 1.54) is 77.0 Å². The summed E-state index contributed by atoms with van der Waals surface area (Å²) in [6, 6.07) is 0. The van der Waals surface area contributed by atoms with Crippen molar-refractivity contribution in [3.63, 3.8) is 0 Å². The van der Waals surface area contributed by atoms with E-state index in [4.69, 9.17) is 9.47 Å². The maximum atomic E-state index is 11.7. The number of hydrogen-bond acceptors (Lipinski definition) is 4. The summed E-state index contributed by atoms with van der Waals surface area (Å²) >= 11 is 0. The molecule has 31 heavy (non-hydrogen) atoms. The van der Waals surface area contributed by atoms with Gasteiger partial charge in [-0.25, -0.2) is 0 Å². The van der Waals surface area contributed by atoms with Gasteiger partial charge in [0.15, 0.2) is 0 Å². The quantitative estimate of drug-likeness (QED) is 0.119. The van der Waals surface area contributed by atoms with E-state index < -0.39 is 0 Å². The normalized spacial score (nSPS) is 11.1. The number of rotatable bonds is 23. The van der Waals surface area contributed by atoms with Gasteiger partial charge < -0.3 is 9.47 Å². The van der Waals surface area contributed by atoms with E-state index in [-0.39, 0.29) is 11.9 Å². The molecule has 184 valence electrons. The summed E-state index contributed by atoms with van der Waals surface area (Å²) in [5.41, 5.74) is 0. The molecule has 0 amide bonds. The van der Waals surface area contributed by atoms with Crippen molar-refractivity contribution in [2.75, 3.05) is 13.2 Å². The molecule has 0 aromatic carbocycles. The van der Waals surface area contributed by atoms with E-state index in [1.807, 2.05) is 13.8 Å². The van der Waals surface area contributed by atoms with Crippen LogP contribution in [0.4, 0.5) is 0 Å². The average molecular weight is 441 g/mol. The molecule has 0 bridgehead atoms. The molecule has 0 aliphatic rings. The Morgan fingerprint density at radius 2 is 0.935 bits per heavy atom. The molecule has 0 heterocycles. The van der Waals surface area contributed by atoms with E-state index in [9.17, 15) is 9.59 Å². The third kappa shape index (κ3) is 25.1. The van der Waals surface area contributed by atoms with Gasteiger partial charge in [-0.2, -0.15) is 0 Å². The van der Waals surface area contributed by atoms with Gasteiger partial charge in [0.2, 0.25) is 0 Å². The third-order valence-electron chi connectivity index (χ3n) is 5.60. The van der Waals surface area contributed by atoms with Crippen LogP contribution in [0.1, 0.15) is 143 Å². The van der Waals surface area contributed by atoms with Crippen LogP contribution >= 0.6 is 0 Å². The van der Waals surface area contributed by atoms with Crippen molar-refractivity contribution >= 4 is 11.9 Å². The van der Waals surface area contributed by atoms with Gasteiger partial charge in [0, 0.05) is 12.8 Å². The largest absolute Gasteiger partial charge is 0.466 e. The first-order valence-electron chi connectivity index (χ1n) is 13.4. The Bertz CT molecular complexity index is 406. The molecule has 0 aromatic rings. The zero-order valence-electron chi connectivity index (χ0n) is 21.1. The summed E-state index contributed by atoms with van der Waals surface area (Å²) in [5.74, 6) is 0.143. The van der Waals surface area contributed by atoms with E-state index in [0.717, 1.165) is 32.1 Å². The second-order valence-corrected chi connectivity index (χ2v) is 9.45. The fourth-order valence-corrected chi connectivity index (χ4v) is 3.60. The molecular formula is C27H52O4. The van der Waals surface area contributed by atoms with Crippen molar-refractivity contribution in [2.45, 2.75) is 143 Å². The van der Waals surface area contributed by atoms with E-state index >= 15 is 0 Å². The zero-order chi connectivity index (χ0) is 23.0. The van der Waals surface area contributed by atoms with Crippen molar-refractivity contribution in [2.24, 2.45) is 5.92 Å². The minimum atomic E-state index is -0.130. The first-order valence-corrected chi connectivity index (χ1v) is 13.4. The lowest BCUT2D eigenvalue weighted by Gasteiger charge is -2.07. The maximum absolute atomic E-state index is 11.7. The Balaban J connectivity index is 3.23. The van der Waals surface area contributed by atoms with Gasteiger partial charge in [0.25, 0.3) is 0 Å². The molecule has 0 atom stereocenters. The fourth-order valence-electron chi connectivity index (χ4n) is 3.60. The highest BCUT2D eigenvalue weighted by Gasteiger charge is 2.06. The van der Waals surface area contributed by atoms with Gasteiger partial charge in [-0.1, -0.05) is 111 Å². The standard InChI is InChI=1S/C27H52O4/c1-4-5-6-7-8-9-10-11-12-13-14-15-16-20-23-30-26(28)21-18-17-19-22-27(29)31-24-25(2)3/h25H,4-24H2,1-3H3.